The first kappa shape index (κ1) is 11.9. The molecule has 0 saturated carbocycles. The van der Waals surface area contributed by atoms with Crippen LogP contribution in [0.5, 0.6) is 11.5 Å². The number of phenolic OH excluding ortho intramolecular Hbond substituents is 1. The molecule has 0 fully saturated rings. The van der Waals surface area contributed by atoms with Gasteiger partial charge in [0.15, 0.2) is 5.82 Å². The second-order valence-corrected chi connectivity index (χ2v) is 4.89. The number of aromatic nitrogens is 3. The van der Waals surface area contributed by atoms with Crippen LogP contribution in [0.1, 0.15) is 5.56 Å². The molecule has 0 aliphatic carbocycles. The zero-order chi connectivity index (χ0) is 14.4. The summed E-state index contributed by atoms with van der Waals surface area (Å²) in [7, 11) is 0. The van der Waals surface area contributed by atoms with E-state index in [4.69, 9.17) is 10.5 Å². The summed E-state index contributed by atoms with van der Waals surface area (Å²) in [6.45, 7) is 0.588. The maximum Gasteiger partial charge on any atom is 0.155 e. The Morgan fingerprint density at radius 2 is 2.05 bits per heavy atom. The molecule has 2 aromatic heterocycles. The van der Waals surface area contributed by atoms with Crippen LogP contribution in [0.2, 0.25) is 0 Å². The smallest absolute Gasteiger partial charge is 0.155 e. The van der Waals surface area contributed by atoms with E-state index in [-0.39, 0.29) is 5.75 Å². The molecule has 104 valence electrons. The number of hydrogen-bond acceptors (Lipinski definition) is 6. The van der Waals surface area contributed by atoms with Crippen LogP contribution in [0.15, 0.2) is 30.6 Å². The lowest BCUT2D eigenvalue weighted by Crippen LogP contribution is -1.98. The number of benzene rings is 1. The molecule has 21 heavy (non-hydrogen) atoms. The molecule has 3 N–H and O–H groups in total. The van der Waals surface area contributed by atoms with Crippen molar-refractivity contribution in [2.75, 3.05) is 12.3 Å². The average molecular weight is 280 g/mol. The Hall–Kier alpha value is -2.89. The van der Waals surface area contributed by atoms with Gasteiger partial charge < -0.3 is 15.6 Å². The summed E-state index contributed by atoms with van der Waals surface area (Å²) >= 11 is 0. The van der Waals surface area contributed by atoms with Crippen molar-refractivity contribution in [1.29, 1.82) is 0 Å². The summed E-state index contributed by atoms with van der Waals surface area (Å²) in [5.74, 6) is 1.25. The Kier molecular flexibility index (Phi) is 2.44. The Balaban J connectivity index is 2.02. The number of nitrogens with zero attached hydrogens (tertiary/aromatic N) is 3. The number of pyridine rings is 1. The van der Waals surface area contributed by atoms with Gasteiger partial charge in [0.1, 0.15) is 17.2 Å². The van der Waals surface area contributed by atoms with Gasteiger partial charge in [-0.15, -0.1) is 10.2 Å². The molecule has 0 saturated heterocycles. The third kappa shape index (κ3) is 1.69. The summed E-state index contributed by atoms with van der Waals surface area (Å²) < 4.78 is 5.45. The quantitative estimate of drug-likeness (QED) is 0.707. The van der Waals surface area contributed by atoms with E-state index >= 15 is 0 Å². The van der Waals surface area contributed by atoms with E-state index in [1.807, 2.05) is 12.1 Å². The number of fused-ring (bicyclic) bond motifs is 2. The minimum atomic E-state index is 0.196. The van der Waals surface area contributed by atoms with E-state index in [1.165, 1.54) is 0 Å². The van der Waals surface area contributed by atoms with Gasteiger partial charge in [-0.1, -0.05) is 0 Å². The standard InChI is InChI=1S/C15H12N4O2/c16-15-11-7-17-5-3-8(11)13(18-19-15)10-1-2-12-9(14(10)20)4-6-21-12/h1-3,5,7,20H,4,6H2,(H2,16,19). The van der Waals surface area contributed by atoms with Gasteiger partial charge in [-0.05, 0) is 18.2 Å². The first-order chi connectivity index (χ1) is 10.3. The van der Waals surface area contributed by atoms with Crippen molar-refractivity contribution in [3.63, 3.8) is 0 Å². The lowest BCUT2D eigenvalue weighted by Gasteiger charge is -2.10. The number of nitrogen functional groups attached to an aromatic ring is 1. The van der Waals surface area contributed by atoms with Crippen LogP contribution in [0.25, 0.3) is 22.0 Å². The van der Waals surface area contributed by atoms with E-state index in [0.717, 1.165) is 22.1 Å². The first-order valence-electron chi connectivity index (χ1n) is 6.59. The van der Waals surface area contributed by atoms with E-state index in [2.05, 4.69) is 15.2 Å². The number of nitrogens with two attached hydrogens (primary N) is 1. The molecule has 0 bridgehead atoms. The van der Waals surface area contributed by atoms with Gasteiger partial charge in [0.2, 0.25) is 0 Å². The van der Waals surface area contributed by atoms with Crippen LogP contribution in [-0.2, 0) is 6.42 Å². The summed E-state index contributed by atoms with van der Waals surface area (Å²) in [5.41, 5.74) is 7.87. The molecule has 0 spiro atoms. The van der Waals surface area contributed by atoms with Gasteiger partial charge in [-0.2, -0.15) is 0 Å². The Labute approximate surface area is 120 Å². The zero-order valence-electron chi connectivity index (χ0n) is 11.1. The Morgan fingerprint density at radius 1 is 1.14 bits per heavy atom. The van der Waals surface area contributed by atoms with Crippen LogP contribution in [0, 0.1) is 0 Å². The van der Waals surface area contributed by atoms with Gasteiger partial charge in [0.25, 0.3) is 0 Å². The predicted octanol–water partition coefficient (Wildman–Crippen LogP) is 1.91. The molecule has 1 aliphatic heterocycles. The monoisotopic (exact) mass is 280 g/mol. The number of ether oxygens (including phenoxy) is 1. The molecule has 1 aliphatic rings. The summed E-state index contributed by atoms with van der Waals surface area (Å²) in [6.07, 6.45) is 4.01. The van der Waals surface area contributed by atoms with Crippen molar-refractivity contribution < 1.29 is 9.84 Å². The van der Waals surface area contributed by atoms with Crippen molar-refractivity contribution in [1.82, 2.24) is 15.2 Å². The van der Waals surface area contributed by atoms with Gasteiger partial charge in [-0.25, -0.2) is 0 Å². The van der Waals surface area contributed by atoms with E-state index < -0.39 is 0 Å². The number of aromatic hydroxyl groups is 1. The molecule has 0 unspecified atom stereocenters. The predicted molar refractivity (Wildman–Crippen MR) is 78.0 cm³/mol. The molecule has 6 heteroatoms. The topological polar surface area (TPSA) is 94.2 Å². The highest BCUT2D eigenvalue weighted by Crippen LogP contribution is 2.41. The van der Waals surface area contributed by atoms with Crippen molar-refractivity contribution in [3.05, 3.63) is 36.2 Å². The Bertz CT molecular complexity index is 864. The molecule has 0 radical (unpaired) electrons. The fourth-order valence-corrected chi connectivity index (χ4v) is 2.66. The van der Waals surface area contributed by atoms with Crippen molar-refractivity contribution in [2.24, 2.45) is 0 Å². The molecular weight excluding hydrogens is 268 g/mol. The molecule has 0 amide bonds. The lowest BCUT2D eigenvalue weighted by atomic mass is 10.0. The van der Waals surface area contributed by atoms with Gasteiger partial charge in [0.05, 0.1) is 6.61 Å². The molecule has 3 heterocycles. The van der Waals surface area contributed by atoms with E-state index in [0.29, 0.717) is 30.1 Å². The highest BCUT2D eigenvalue weighted by molar-refractivity contribution is 6.00. The van der Waals surface area contributed by atoms with Crippen molar-refractivity contribution >= 4 is 16.6 Å². The lowest BCUT2D eigenvalue weighted by molar-refractivity contribution is 0.357. The third-order valence-electron chi connectivity index (χ3n) is 3.71. The van der Waals surface area contributed by atoms with Crippen molar-refractivity contribution in [3.8, 4) is 22.8 Å². The van der Waals surface area contributed by atoms with Crippen LogP contribution in [0.4, 0.5) is 5.82 Å². The van der Waals surface area contributed by atoms with Gasteiger partial charge in [0, 0.05) is 40.7 Å². The van der Waals surface area contributed by atoms with Crippen LogP contribution < -0.4 is 10.5 Å². The molecule has 0 atom stereocenters. The first-order valence-corrected chi connectivity index (χ1v) is 6.59. The summed E-state index contributed by atoms with van der Waals surface area (Å²) in [6, 6.07) is 5.46. The van der Waals surface area contributed by atoms with E-state index in [9.17, 15) is 5.11 Å². The van der Waals surface area contributed by atoms with E-state index in [1.54, 1.807) is 18.5 Å². The normalized spacial score (nSPS) is 13.1. The highest BCUT2D eigenvalue weighted by Gasteiger charge is 2.21. The molecular formula is C15H12N4O2. The number of rotatable bonds is 1. The van der Waals surface area contributed by atoms with Crippen molar-refractivity contribution in [2.45, 2.75) is 6.42 Å². The minimum Gasteiger partial charge on any atom is -0.507 e. The number of hydrogen-bond donors (Lipinski definition) is 2. The minimum absolute atomic E-state index is 0.196. The fraction of sp³-hybridized carbons (Fsp3) is 0.133. The number of phenols is 1. The second-order valence-electron chi connectivity index (χ2n) is 4.89. The van der Waals surface area contributed by atoms with Crippen LogP contribution >= 0.6 is 0 Å². The zero-order valence-corrected chi connectivity index (χ0v) is 11.1. The molecule has 4 rings (SSSR count). The van der Waals surface area contributed by atoms with Crippen LogP contribution in [-0.4, -0.2) is 26.9 Å². The summed E-state index contributed by atoms with van der Waals surface area (Å²) in [5, 5.41) is 20.2. The molecule has 1 aromatic carbocycles. The molecule has 6 nitrogen and oxygen atoms in total. The summed E-state index contributed by atoms with van der Waals surface area (Å²) in [4.78, 5) is 4.06. The van der Waals surface area contributed by atoms with Gasteiger partial charge >= 0.3 is 0 Å². The highest BCUT2D eigenvalue weighted by atomic mass is 16.5. The van der Waals surface area contributed by atoms with Gasteiger partial charge in [-0.3, -0.25) is 4.98 Å². The average Bonchev–Trinajstić information content (AvgIpc) is 2.99. The third-order valence-corrected chi connectivity index (χ3v) is 3.71. The molecule has 3 aromatic rings. The SMILES string of the molecule is Nc1nnc(-c2ccc3c(c2O)CCO3)c2ccncc12. The largest absolute Gasteiger partial charge is 0.507 e. The van der Waals surface area contributed by atoms with Crippen LogP contribution in [0.3, 0.4) is 0 Å². The second kappa shape index (κ2) is 4.31. The number of anilines is 1. The maximum absolute atomic E-state index is 10.5. The fourth-order valence-electron chi connectivity index (χ4n) is 2.66. The maximum atomic E-state index is 10.5. The Morgan fingerprint density at radius 3 is 2.95 bits per heavy atom.